The predicted molar refractivity (Wildman–Crippen MR) is 74.6 cm³/mol. The SMILES string of the molecule is COC(=O)[C@H](C)NS(=O)(=O)c1cc([N+](=O)[O-])c(Cl)cc1C. The molecule has 0 radical (unpaired) electrons. The Kier molecular flexibility index (Phi) is 5.26. The first-order chi connectivity index (χ1) is 9.60. The number of nitrogens with zero attached hydrogens (tertiary/aromatic N) is 1. The fourth-order valence-corrected chi connectivity index (χ4v) is 3.32. The lowest BCUT2D eigenvalue weighted by Crippen LogP contribution is -2.39. The molecule has 1 aromatic rings. The molecule has 0 fully saturated rings. The molecule has 0 aliphatic heterocycles. The number of methoxy groups -OCH3 is 1. The molecule has 0 spiro atoms. The molecule has 10 heteroatoms. The molecule has 0 aromatic heterocycles. The van der Waals surface area contributed by atoms with Gasteiger partial charge in [0.2, 0.25) is 10.0 Å². The van der Waals surface area contributed by atoms with Crippen LogP contribution in [0.25, 0.3) is 0 Å². The second-order valence-electron chi connectivity index (χ2n) is 4.19. The maximum atomic E-state index is 12.2. The Labute approximate surface area is 126 Å². The van der Waals surface area contributed by atoms with Crippen LogP contribution in [0.4, 0.5) is 5.69 Å². The lowest BCUT2D eigenvalue weighted by atomic mass is 10.2. The van der Waals surface area contributed by atoms with E-state index in [0.29, 0.717) is 0 Å². The zero-order valence-electron chi connectivity index (χ0n) is 11.4. The molecular formula is C11H13ClN2O6S. The van der Waals surface area contributed by atoms with Crippen LogP contribution in [0.15, 0.2) is 17.0 Å². The minimum Gasteiger partial charge on any atom is -0.468 e. The summed E-state index contributed by atoms with van der Waals surface area (Å²) in [6, 6.07) is 0.898. The van der Waals surface area contributed by atoms with Gasteiger partial charge >= 0.3 is 5.97 Å². The number of ether oxygens (including phenoxy) is 1. The summed E-state index contributed by atoms with van der Waals surface area (Å²) >= 11 is 5.69. The van der Waals surface area contributed by atoms with Crippen LogP contribution >= 0.6 is 11.6 Å². The minimum atomic E-state index is -4.13. The van der Waals surface area contributed by atoms with Crippen molar-refractivity contribution in [3.63, 3.8) is 0 Å². The molecule has 0 bridgehead atoms. The first-order valence-corrected chi connectivity index (χ1v) is 7.51. The molecule has 21 heavy (non-hydrogen) atoms. The molecule has 1 rings (SSSR count). The van der Waals surface area contributed by atoms with Crippen molar-refractivity contribution in [2.45, 2.75) is 24.8 Å². The first-order valence-electron chi connectivity index (χ1n) is 5.65. The summed E-state index contributed by atoms with van der Waals surface area (Å²) in [5, 5.41) is 10.7. The van der Waals surface area contributed by atoms with Crippen molar-refractivity contribution in [3.05, 3.63) is 32.8 Å². The highest BCUT2D eigenvalue weighted by Crippen LogP contribution is 2.30. The number of esters is 1. The Morgan fingerprint density at radius 3 is 2.52 bits per heavy atom. The van der Waals surface area contributed by atoms with E-state index >= 15 is 0 Å². The van der Waals surface area contributed by atoms with Gasteiger partial charge in [-0.05, 0) is 25.5 Å². The van der Waals surface area contributed by atoms with Crippen molar-refractivity contribution in [1.29, 1.82) is 0 Å². The number of halogens is 1. The molecule has 1 aromatic carbocycles. The highest BCUT2D eigenvalue weighted by Gasteiger charge is 2.27. The number of hydrogen-bond acceptors (Lipinski definition) is 6. The maximum Gasteiger partial charge on any atom is 0.323 e. The number of nitro benzene ring substituents is 1. The first kappa shape index (κ1) is 17.3. The van der Waals surface area contributed by atoms with Crippen LogP contribution in [0.1, 0.15) is 12.5 Å². The van der Waals surface area contributed by atoms with Crippen molar-refractivity contribution in [2.24, 2.45) is 0 Å². The third-order valence-electron chi connectivity index (χ3n) is 2.62. The Bertz CT molecular complexity index is 688. The number of nitro groups is 1. The highest BCUT2D eigenvalue weighted by molar-refractivity contribution is 7.89. The van der Waals surface area contributed by atoms with Crippen LogP contribution in [-0.2, 0) is 19.6 Å². The predicted octanol–water partition coefficient (Wildman–Crippen LogP) is 1.40. The quantitative estimate of drug-likeness (QED) is 0.493. The van der Waals surface area contributed by atoms with Gasteiger partial charge in [0, 0.05) is 6.07 Å². The van der Waals surface area contributed by atoms with E-state index in [4.69, 9.17) is 11.6 Å². The Morgan fingerprint density at radius 2 is 2.05 bits per heavy atom. The number of benzene rings is 1. The summed E-state index contributed by atoms with van der Waals surface area (Å²) in [6.07, 6.45) is 0. The maximum absolute atomic E-state index is 12.2. The van der Waals surface area contributed by atoms with Crippen molar-refractivity contribution in [3.8, 4) is 0 Å². The number of carbonyl (C=O) groups is 1. The van der Waals surface area contributed by atoms with Gasteiger partial charge in [-0.3, -0.25) is 14.9 Å². The van der Waals surface area contributed by atoms with E-state index in [2.05, 4.69) is 9.46 Å². The van der Waals surface area contributed by atoms with Gasteiger partial charge in [0.25, 0.3) is 5.69 Å². The molecule has 0 heterocycles. The number of carbonyl (C=O) groups excluding carboxylic acids is 1. The van der Waals surface area contributed by atoms with Crippen LogP contribution in [0, 0.1) is 17.0 Å². The Hall–Kier alpha value is -1.71. The average molecular weight is 337 g/mol. The summed E-state index contributed by atoms with van der Waals surface area (Å²) in [4.78, 5) is 21.0. The fraction of sp³-hybridized carbons (Fsp3) is 0.364. The van der Waals surface area contributed by atoms with Gasteiger partial charge in [-0.1, -0.05) is 11.6 Å². The van der Waals surface area contributed by atoms with E-state index < -0.39 is 32.6 Å². The standard InChI is InChI=1S/C11H13ClN2O6S/c1-6-4-8(12)9(14(16)17)5-10(6)21(18,19)13-7(2)11(15)20-3/h4-5,7,13H,1-3H3/t7-/m0/s1. The van der Waals surface area contributed by atoms with Crippen LogP contribution in [0.5, 0.6) is 0 Å². The van der Waals surface area contributed by atoms with Gasteiger partial charge < -0.3 is 4.74 Å². The second-order valence-corrected chi connectivity index (χ2v) is 6.28. The molecule has 116 valence electrons. The smallest absolute Gasteiger partial charge is 0.323 e. The molecule has 0 saturated heterocycles. The Morgan fingerprint density at radius 1 is 1.48 bits per heavy atom. The van der Waals surface area contributed by atoms with Crippen molar-refractivity contribution < 1.29 is 22.9 Å². The number of sulfonamides is 1. The monoisotopic (exact) mass is 336 g/mol. The number of aryl methyl sites for hydroxylation is 1. The third-order valence-corrected chi connectivity index (χ3v) is 4.60. The third kappa shape index (κ3) is 3.90. The van der Waals surface area contributed by atoms with E-state index in [9.17, 15) is 23.3 Å². The van der Waals surface area contributed by atoms with E-state index in [1.165, 1.54) is 19.9 Å². The van der Waals surface area contributed by atoms with E-state index in [1.54, 1.807) is 0 Å². The van der Waals surface area contributed by atoms with Gasteiger partial charge in [-0.2, -0.15) is 4.72 Å². The van der Waals surface area contributed by atoms with E-state index in [-0.39, 0.29) is 15.5 Å². The molecule has 0 unspecified atom stereocenters. The summed E-state index contributed by atoms with van der Waals surface area (Å²) in [5.74, 6) is -0.778. The van der Waals surface area contributed by atoms with E-state index in [0.717, 1.165) is 13.2 Å². The second kappa shape index (κ2) is 6.37. The van der Waals surface area contributed by atoms with Gasteiger partial charge in [0.05, 0.1) is 16.9 Å². The molecule has 1 N–H and O–H groups in total. The zero-order valence-corrected chi connectivity index (χ0v) is 13.0. The lowest BCUT2D eigenvalue weighted by Gasteiger charge is -2.13. The molecule has 0 aliphatic carbocycles. The number of rotatable bonds is 5. The zero-order chi connectivity index (χ0) is 16.4. The topological polar surface area (TPSA) is 116 Å². The lowest BCUT2D eigenvalue weighted by molar-refractivity contribution is -0.384. The molecule has 8 nitrogen and oxygen atoms in total. The van der Waals surface area contributed by atoms with Gasteiger partial charge in [-0.25, -0.2) is 8.42 Å². The minimum absolute atomic E-state index is 0.169. The van der Waals surface area contributed by atoms with Crippen LogP contribution < -0.4 is 4.72 Å². The van der Waals surface area contributed by atoms with Gasteiger partial charge in [0.15, 0.2) is 0 Å². The van der Waals surface area contributed by atoms with Crippen molar-refractivity contribution in [2.75, 3.05) is 7.11 Å². The van der Waals surface area contributed by atoms with E-state index in [1.807, 2.05) is 0 Å². The molecule has 1 atom stereocenters. The van der Waals surface area contributed by atoms with Crippen LogP contribution in [0.3, 0.4) is 0 Å². The normalized spacial score (nSPS) is 12.8. The van der Waals surface area contributed by atoms with Crippen LogP contribution in [-0.4, -0.2) is 32.5 Å². The number of nitrogens with one attached hydrogen (secondary N) is 1. The summed E-state index contributed by atoms with van der Waals surface area (Å²) in [7, 11) is -3.02. The summed E-state index contributed by atoms with van der Waals surface area (Å²) in [5.41, 5.74) is -0.316. The molecule has 0 aliphatic rings. The molecule has 0 amide bonds. The summed E-state index contributed by atoms with van der Waals surface area (Å²) in [6.45, 7) is 2.73. The van der Waals surface area contributed by atoms with Crippen molar-refractivity contribution in [1.82, 2.24) is 4.72 Å². The molecule has 0 saturated carbocycles. The molecular weight excluding hydrogens is 324 g/mol. The van der Waals surface area contributed by atoms with Gasteiger partial charge in [0.1, 0.15) is 11.1 Å². The van der Waals surface area contributed by atoms with Gasteiger partial charge in [-0.15, -0.1) is 0 Å². The average Bonchev–Trinajstić information content (AvgIpc) is 2.36. The Balaban J connectivity index is 3.29. The highest BCUT2D eigenvalue weighted by atomic mass is 35.5. The summed E-state index contributed by atoms with van der Waals surface area (Å²) < 4.78 is 30.9. The largest absolute Gasteiger partial charge is 0.468 e. The van der Waals surface area contributed by atoms with Crippen molar-refractivity contribution >= 4 is 33.3 Å². The fourth-order valence-electron chi connectivity index (χ4n) is 1.59. The van der Waals surface area contributed by atoms with Crippen LogP contribution in [0.2, 0.25) is 5.02 Å². The number of hydrogen-bond donors (Lipinski definition) is 1.